The fourth-order valence-corrected chi connectivity index (χ4v) is 3.98. The summed E-state index contributed by atoms with van der Waals surface area (Å²) in [6.45, 7) is 2.96. The molecule has 0 unspecified atom stereocenters. The second-order valence-electron chi connectivity index (χ2n) is 7.08. The van der Waals surface area contributed by atoms with Crippen molar-refractivity contribution in [2.24, 2.45) is 5.92 Å². The molecular formula is C21H24N2O3. The molecular weight excluding hydrogens is 328 g/mol. The van der Waals surface area contributed by atoms with E-state index in [2.05, 4.69) is 5.32 Å². The predicted molar refractivity (Wildman–Crippen MR) is 98.7 cm³/mol. The highest BCUT2D eigenvalue weighted by Gasteiger charge is 2.31. The van der Waals surface area contributed by atoms with Gasteiger partial charge in [0.05, 0.1) is 13.2 Å². The minimum absolute atomic E-state index is 0.0477. The predicted octanol–water partition coefficient (Wildman–Crippen LogP) is 3.06. The Hall–Kier alpha value is -2.37. The summed E-state index contributed by atoms with van der Waals surface area (Å²) in [6.07, 6.45) is 2.02. The molecule has 2 aliphatic rings. The van der Waals surface area contributed by atoms with Crippen molar-refractivity contribution < 1.29 is 14.7 Å². The Morgan fingerprint density at radius 1 is 1.08 bits per heavy atom. The van der Waals surface area contributed by atoms with Gasteiger partial charge >= 0.3 is 0 Å². The van der Waals surface area contributed by atoms with E-state index in [1.165, 1.54) is 10.6 Å². The van der Waals surface area contributed by atoms with Crippen molar-refractivity contribution in [3.05, 3.63) is 65.2 Å². The molecule has 1 fully saturated rings. The number of hydrogen-bond acceptors (Lipinski definition) is 4. The van der Waals surface area contributed by atoms with Crippen LogP contribution in [0.3, 0.4) is 0 Å². The molecule has 136 valence electrons. The van der Waals surface area contributed by atoms with Crippen LogP contribution in [0.1, 0.15) is 40.2 Å². The van der Waals surface area contributed by atoms with E-state index in [-0.39, 0.29) is 11.7 Å². The van der Waals surface area contributed by atoms with Crippen LogP contribution in [0, 0.1) is 5.92 Å². The number of carbonyl (C=O) groups excluding carboxylic acids is 1. The van der Waals surface area contributed by atoms with Gasteiger partial charge in [-0.15, -0.1) is 0 Å². The minimum atomic E-state index is -0.0477. The molecule has 2 atom stereocenters. The molecule has 2 N–H and O–H groups in total. The summed E-state index contributed by atoms with van der Waals surface area (Å²) in [7, 11) is 0. The number of nitrogens with zero attached hydrogens (tertiary/aromatic N) is 1. The molecule has 2 aromatic rings. The van der Waals surface area contributed by atoms with E-state index >= 15 is 0 Å². The largest absolute Gasteiger partial charge is 0.508 e. The van der Waals surface area contributed by atoms with E-state index in [1.54, 1.807) is 12.1 Å². The highest BCUT2D eigenvalue weighted by molar-refractivity contribution is 5.97. The molecule has 4 rings (SSSR count). The molecule has 2 aromatic carbocycles. The number of fused-ring (bicyclic) bond motifs is 1. The molecule has 0 aliphatic carbocycles. The maximum absolute atomic E-state index is 12.5. The summed E-state index contributed by atoms with van der Waals surface area (Å²) in [5.41, 5.74) is 2.98. The maximum atomic E-state index is 12.5. The molecule has 26 heavy (non-hydrogen) atoms. The fraction of sp³-hybridized carbons (Fsp3) is 0.381. The van der Waals surface area contributed by atoms with Gasteiger partial charge in [0.25, 0.3) is 5.91 Å². The Balaban J connectivity index is 1.45. The average molecular weight is 352 g/mol. The molecule has 1 saturated heterocycles. The Labute approximate surface area is 153 Å². The second-order valence-corrected chi connectivity index (χ2v) is 7.08. The van der Waals surface area contributed by atoms with Gasteiger partial charge in [0, 0.05) is 5.56 Å². The number of nitrogens with one attached hydrogen (secondary N) is 1. The van der Waals surface area contributed by atoms with Gasteiger partial charge in [-0.25, -0.2) is 5.06 Å². The summed E-state index contributed by atoms with van der Waals surface area (Å²) < 4.78 is 0. The molecule has 2 heterocycles. The fourth-order valence-electron chi connectivity index (χ4n) is 3.98. The van der Waals surface area contributed by atoms with Crippen LogP contribution in [-0.4, -0.2) is 35.8 Å². The number of rotatable bonds is 4. The van der Waals surface area contributed by atoms with Gasteiger partial charge in [0.1, 0.15) is 5.75 Å². The summed E-state index contributed by atoms with van der Waals surface area (Å²) >= 11 is 0. The Morgan fingerprint density at radius 3 is 2.65 bits per heavy atom. The van der Waals surface area contributed by atoms with Crippen molar-refractivity contribution in [1.82, 2.24) is 10.4 Å². The van der Waals surface area contributed by atoms with Crippen molar-refractivity contribution in [1.29, 1.82) is 0 Å². The van der Waals surface area contributed by atoms with Crippen LogP contribution >= 0.6 is 0 Å². The topological polar surface area (TPSA) is 61.8 Å². The van der Waals surface area contributed by atoms with E-state index in [0.29, 0.717) is 25.0 Å². The van der Waals surface area contributed by atoms with E-state index in [0.717, 1.165) is 37.1 Å². The molecule has 1 amide bonds. The van der Waals surface area contributed by atoms with E-state index < -0.39 is 0 Å². The molecule has 0 saturated carbocycles. The third-order valence-electron chi connectivity index (χ3n) is 5.45. The lowest BCUT2D eigenvalue weighted by molar-refractivity contribution is -0.138. The van der Waals surface area contributed by atoms with Crippen LogP contribution in [0.4, 0.5) is 0 Å². The smallest absolute Gasteiger partial charge is 0.278 e. The first-order valence-electron chi connectivity index (χ1n) is 9.24. The summed E-state index contributed by atoms with van der Waals surface area (Å²) in [5, 5.41) is 14.5. The quantitative estimate of drug-likeness (QED) is 0.888. The molecule has 5 nitrogen and oxygen atoms in total. The highest BCUT2D eigenvalue weighted by Crippen LogP contribution is 2.33. The monoisotopic (exact) mass is 352 g/mol. The minimum Gasteiger partial charge on any atom is -0.508 e. The lowest BCUT2D eigenvalue weighted by Gasteiger charge is -2.27. The lowest BCUT2D eigenvalue weighted by Crippen LogP contribution is -2.29. The molecule has 0 spiro atoms. The first-order chi connectivity index (χ1) is 12.7. The molecule has 0 aromatic heterocycles. The number of amides is 1. The Morgan fingerprint density at radius 2 is 1.85 bits per heavy atom. The molecule has 2 aliphatic heterocycles. The second kappa shape index (κ2) is 7.48. The number of phenols is 1. The SMILES string of the molecule is O=C1c2ccccc2CN1OC[C@@H]1CCNCC[C@H]1c1ccc(O)cc1. The number of hydrogen-bond donors (Lipinski definition) is 2. The van der Waals surface area contributed by atoms with Crippen LogP contribution in [0.25, 0.3) is 0 Å². The molecule has 0 bridgehead atoms. The zero-order chi connectivity index (χ0) is 17.9. The van der Waals surface area contributed by atoms with E-state index in [4.69, 9.17) is 4.84 Å². The Kier molecular flexibility index (Phi) is 4.91. The van der Waals surface area contributed by atoms with Crippen molar-refractivity contribution in [3.63, 3.8) is 0 Å². The van der Waals surface area contributed by atoms with Crippen LogP contribution in [0.5, 0.6) is 5.75 Å². The normalized spacial score (nSPS) is 22.9. The highest BCUT2D eigenvalue weighted by atomic mass is 16.7. The van der Waals surface area contributed by atoms with Crippen molar-refractivity contribution in [2.45, 2.75) is 25.3 Å². The van der Waals surface area contributed by atoms with Crippen molar-refractivity contribution in [3.8, 4) is 5.75 Å². The maximum Gasteiger partial charge on any atom is 0.278 e. The first-order valence-corrected chi connectivity index (χ1v) is 9.24. The van der Waals surface area contributed by atoms with Gasteiger partial charge in [-0.1, -0.05) is 30.3 Å². The van der Waals surface area contributed by atoms with Crippen LogP contribution in [0.15, 0.2) is 48.5 Å². The van der Waals surface area contributed by atoms with Gasteiger partial charge in [-0.2, -0.15) is 0 Å². The van der Waals surface area contributed by atoms with Gasteiger partial charge in [-0.05, 0) is 67.1 Å². The van der Waals surface area contributed by atoms with Gasteiger partial charge in [0.15, 0.2) is 0 Å². The Bertz CT molecular complexity index is 775. The van der Waals surface area contributed by atoms with Gasteiger partial charge < -0.3 is 10.4 Å². The number of phenolic OH excluding ortho intramolecular Hbond substituents is 1. The van der Waals surface area contributed by atoms with Crippen LogP contribution in [-0.2, 0) is 11.4 Å². The average Bonchev–Trinajstić information content (AvgIpc) is 2.83. The summed E-state index contributed by atoms with van der Waals surface area (Å²) in [6, 6.07) is 15.1. The third kappa shape index (κ3) is 3.45. The number of aromatic hydroxyl groups is 1. The summed E-state index contributed by atoms with van der Waals surface area (Å²) in [4.78, 5) is 18.5. The lowest BCUT2D eigenvalue weighted by atomic mass is 9.83. The number of benzene rings is 2. The van der Waals surface area contributed by atoms with E-state index in [1.807, 2.05) is 36.4 Å². The molecule has 0 radical (unpaired) electrons. The zero-order valence-electron chi connectivity index (χ0n) is 14.7. The first kappa shape index (κ1) is 17.1. The number of carbonyl (C=O) groups is 1. The molecule has 5 heteroatoms. The van der Waals surface area contributed by atoms with Crippen molar-refractivity contribution in [2.75, 3.05) is 19.7 Å². The zero-order valence-corrected chi connectivity index (χ0v) is 14.7. The number of hydroxylamine groups is 2. The van der Waals surface area contributed by atoms with Crippen LogP contribution in [0.2, 0.25) is 0 Å². The third-order valence-corrected chi connectivity index (χ3v) is 5.45. The van der Waals surface area contributed by atoms with Gasteiger partial charge in [0.2, 0.25) is 0 Å². The summed E-state index contributed by atoms with van der Waals surface area (Å²) in [5.74, 6) is 0.916. The standard InChI is InChI=1S/C21H24N2O3/c24-18-7-5-15(6-8-18)19-10-12-22-11-9-17(19)14-26-23-13-16-3-1-2-4-20(16)21(23)25/h1-8,17,19,22,24H,9-14H2/t17-,19-/m0/s1. The van der Waals surface area contributed by atoms with E-state index in [9.17, 15) is 9.90 Å². The van der Waals surface area contributed by atoms with Crippen LogP contribution < -0.4 is 5.32 Å². The van der Waals surface area contributed by atoms with Gasteiger partial charge in [-0.3, -0.25) is 9.63 Å². The van der Waals surface area contributed by atoms with Crippen molar-refractivity contribution >= 4 is 5.91 Å².